The van der Waals surface area contributed by atoms with Crippen LogP contribution in [0.25, 0.3) is 87.6 Å². The van der Waals surface area contributed by atoms with Crippen LogP contribution in [0.1, 0.15) is 33.4 Å². The molecule has 0 nitrogen and oxygen atoms in total. The summed E-state index contributed by atoms with van der Waals surface area (Å²) in [5.41, 5.74) is 17.1. The van der Waals surface area contributed by atoms with Crippen molar-refractivity contribution in [3.63, 3.8) is 0 Å². The predicted molar refractivity (Wildman–Crippen MR) is 279 cm³/mol. The maximum absolute atomic E-state index is 2.50. The molecular formula is C66H44. The topological polar surface area (TPSA) is 0 Å². The zero-order valence-electron chi connectivity index (χ0n) is 36.5. The van der Waals surface area contributed by atoms with Gasteiger partial charge in [-0.15, -0.1) is 0 Å². The van der Waals surface area contributed by atoms with Gasteiger partial charge in [-0.3, -0.25) is 0 Å². The van der Waals surface area contributed by atoms with Crippen molar-refractivity contribution in [2.75, 3.05) is 0 Å². The average molecular weight is 837 g/mol. The van der Waals surface area contributed by atoms with Gasteiger partial charge >= 0.3 is 0 Å². The summed E-state index contributed by atoms with van der Waals surface area (Å²) in [6, 6.07) is 95.4. The monoisotopic (exact) mass is 836 g/mol. The van der Waals surface area contributed by atoms with Crippen LogP contribution >= 0.6 is 0 Å². The Bertz CT molecular complexity index is 3440. The zero-order valence-corrected chi connectivity index (χ0v) is 36.5. The van der Waals surface area contributed by atoms with Crippen molar-refractivity contribution in [2.24, 2.45) is 0 Å². The summed E-state index contributed by atoms with van der Waals surface area (Å²) in [6.07, 6.45) is 0.858. The predicted octanol–water partition coefficient (Wildman–Crippen LogP) is 17.3. The van der Waals surface area contributed by atoms with E-state index >= 15 is 0 Å². The average Bonchev–Trinajstić information content (AvgIpc) is 3.39. The van der Waals surface area contributed by atoms with Crippen molar-refractivity contribution < 1.29 is 0 Å². The van der Waals surface area contributed by atoms with Crippen LogP contribution in [0.4, 0.5) is 0 Å². The minimum atomic E-state index is -0.656. The van der Waals surface area contributed by atoms with E-state index in [1.165, 1.54) is 121 Å². The van der Waals surface area contributed by atoms with Gasteiger partial charge in [-0.2, -0.15) is 0 Å². The Morgan fingerprint density at radius 2 is 0.561 bits per heavy atom. The van der Waals surface area contributed by atoms with E-state index in [1.807, 2.05) is 0 Å². The molecule has 0 fully saturated rings. The molecule has 0 atom stereocenters. The molecule has 0 amide bonds. The lowest BCUT2D eigenvalue weighted by Crippen LogP contribution is -2.36. The van der Waals surface area contributed by atoms with Gasteiger partial charge in [0.1, 0.15) is 0 Å². The number of hydrogen-bond acceptors (Lipinski definition) is 0. The van der Waals surface area contributed by atoms with Crippen LogP contribution in [0.2, 0.25) is 0 Å². The second kappa shape index (κ2) is 15.4. The summed E-state index contributed by atoms with van der Waals surface area (Å²) >= 11 is 0. The van der Waals surface area contributed by atoms with E-state index in [9.17, 15) is 0 Å². The van der Waals surface area contributed by atoms with E-state index in [0.29, 0.717) is 0 Å². The van der Waals surface area contributed by atoms with E-state index in [0.717, 1.165) is 6.42 Å². The highest BCUT2D eigenvalue weighted by Gasteiger charge is 2.44. The molecule has 0 bridgehead atoms. The Balaban J connectivity index is 1.10. The van der Waals surface area contributed by atoms with Crippen LogP contribution in [-0.4, -0.2) is 0 Å². The summed E-state index contributed by atoms with van der Waals surface area (Å²) in [4.78, 5) is 0. The maximum atomic E-state index is 2.50. The lowest BCUT2D eigenvalue weighted by Gasteiger charge is -2.43. The van der Waals surface area contributed by atoms with Gasteiger partial charge < -0.3 is 0 Å². The van der Waals surface area contributed by atoms with E-state index in [2.05, 4.69) is 255 Å². The zero-order chi connectivity index (χ0) is 43.6. The fourth-order valence-corrected chi connectivity index (χ4v) is 11.3. The molecule has 0 aromatic heterocycles. The Morgan fingerprint density at radius 3 is 0.924 bits per heavy atom. The first kappa shape index (κ1) is 38.2. The summed E-state index contributed by atoms with van der Waals surface area (Å²) in [7, 11) is 0. The van der Waals surface area contributed by atoms with Crippen LogP contribution < -0.4 is 0 Å². The maximum Gasteiger partial charge on any atom is 0.0707 e. The molecule has 0 N–H and O–H groups in total. The minimum Gasteiger partial charge on any atom is -0.0622 e. The first-order chi connectivity index (χ1) is 32.7. The van der Waals surface area contributed by atoms with Gasteiger partial charge in [0.15, 0.2) is 0 Å². The lowest BCUT2D eigenvalue weighted by molar-refractivity contribution is 0.704. The highest BCUT2D eigenvalue weighted by Crippen LogP contribution is 2.53. The quantitative estimate of drug-likeness (QED) is 0.146. The Hall–Kier alpha value is -8.32. The van der Waals surface area contributed by atoms with Crippen molar-refractivity contribution in [2.45, 2.75) is 11.8 Å². The molecule has 66 heavy (non-hydrogen) atoms. The molecule has 13 rings (SSSR count). The van der Waals surface area contributed by atoms with Crippen molar-refractivity contribution >= 4 is 43.1 Å². The first-order valence-corrected chi connectivity index (χ1v) is 23.1. The highest BCUT2D eigenvalue weighted by molar-refractivity contribution is 6.14. The van der Waals surface area contributed by atoms with Crippen LogP contribution in [0.3, 0.4) is 0 Å². The molecule has 0 aliphatic heterocycles. The largest absolute Gasteiger partial charge is 0.0707 e. The molecule has 0 heteroatoms. The fourth-order valence-electron chi connectivity index (χ4n) is 11.3. The van der Waals surface area contributed by atoms with Crippen LogP contribution in [0.5, 0.6) is 0 Å². The summed E-state index contributed by atoms with van der Waals surface area (Å²) < 4.78 is 0. The van der Waals surface area contributed by atoms with Gasteiger partial charge in [0.25, 0.3) is 0 Å². The van der Waals surface area contributed by atoms with Gasteiger partial charge in [-0.1, -0.05) is 231 Å². The van der Waals surface area contributed by atoms with Crippen LogP contribution in [0.15, 0.2) is 255 Å². The van der Waals surface area contributed by atoms with E-state index in [4.69, 9.17) is 0 Å². The van der Waals surface area contributed by atoms with Crippen molar-refractivity contribution in [3.05, 3.63) is 288 Å². The Morgan fingerprint density at radius 1 is 0.242 bits per heavy atom. The molecule has 12 aromatic carbocycles. The van der Waals surface area contributed by atoms with Gasteiger partial charge in [0.2, 0.25) is 0 Å². The first-order valence-electron chi connectivity index (χ1n) is 23.1. The normalized spacial score (nSPS) is 12.9. The molecular weight excluding hydrogens is 793 g/mol. The highest BCUT2D eigenvalue weighted by atomic mass is 14.5. The summed E-state index contributed by atoms with van der Waals surface area (Å²) in [5, 5.41) is 10.1. The molecule has 12 aromatic rings. The third-order valence-corrected chi connectivity index (χ3v) is 14.4. The molecule has 308 valence electrons. The second-order valence-corrected chi connectivity index (χ2v) is 17.9. The standard InChI is InChI=1S/C66H44/c1-3-15-44(16-4-1)48-27-29-54-41-55-30-28-49(45-17-5-2-6-18-45)43-63(55)66(62(54)42-48,56-35-31-46(32-36-56)64-58-23-11-7-19-50(58)39-51-20-8-12-24-59(51)64)57-37-33-47(34-38-57)65-60-25-13-9-21-52(60)40-53-22-10-14-26-61(53)65/h1-40,42-43H,41H2. The van der Waals surface area contributed by atoms with Gasteiger partial charge in [0, 0.05) is 0 Å². The van der Waals surface area contributed by atoms with E-state index < -0.39 is 5.41 Å². The van der Waals surface area contributed by atoms with E-state index in [1.54, 1.807) is 0 Å². The number of rotatable bonds is 6. The fraction of sp³-hybridized carbons (Fsp3) is 0.0303. The SMILES string of the molecule is c1ccc(-c2ccc3c(c2)C(c2ccc(-c4c5ccccc5cc5ccccc45)cc2)(c2ccc(-c4c5ccccc5cc5ccccc45)cc2)c2cc(-c4ccccc4)ccc2C3)cc1. The third-order valence-electron chi connectivity index (χ3n) is 14.4. The molecule has 0 unspecified atom stereocenters. The van der Waals surface area contributed by atoms with Crippen molar-refractivity contribution in [3.8, 4) is 44.5 Å². The lowest BCUT2D eigenvalue weighted by atomic mass is 9.59. The Kier molecular flexibility index (Phi) is 8.93. The summed E-state index contributed by atoms with van der Waals surface area (Å²) in [5.74, 6) is 0. The van der Waals surface area contributed by atoms with Crippen molar-refractivity contribution in [1.29, 1.82) is 0 Å². The van der Waals surface area contributed by atoms with Gasteiger partial charge in [-0.25, -0.2) is 0 Å². The molecule has 0 radical (unpaired) electrons. The smallest absolute Gasteiger partial charge is 0.0622 e. The number of hydrogen-bond donors (Lipinski definition) is 0. The van der Waals surface area contributed by atoms with Crippen LogP contribution in [-0.2, 0) is 11.8 Å². The molecule has 0 saturated heterocycles. The minimum absolute atomic E-state index is 0.656. The van der Waals surface area contributed by atoms with Gasteiger partial charge in [0.05, 0.1) is 5.41 Å². The Labute approximate surface area is 385 Å². The van der Waals surface area contributed by atoms with E-state index in [-0.39, 0.29) is 0 Å². The second-order valence-electron chi connectivity index (χ2n) is 17.9. The molecule has 0 saturated carbocycles. The third kappa shape index (κ3) is 6.06. The number of benzene rings is 12. The summed E-state index contributed by atoms with van der Waals surface area (Å²) in [6.45, 7) is 0. The van der Waals surface area contributed by atoms with Crippen molar-refractivity contribution in [1.82, 2.24) is 0 Å². The van der Waals surface area contributed by atoms with Gasteiger partial charge in [-0.05, 0) is 152 Å². The molecule has 1 aliphatic rings. The number of fused-ring (bicyclic) bond motifs is 6. The molecule has 0 heterocycles. The van der Waals surface area contributed by atoms with Crippen LogP contribution in [0, 0.1) is 0 Å². The molecule has 1 aliphatic carbocycles. The molecule has 0 spiro atoms.